The molecule has 28 heavy (non-hydrogen) atoms. The lowest BCUT2D eigenvalue weighted by Gasteiger charge is -2.33. The van der Waals surface area contributed by atoms with E-state index in [1.807, 2.05) is 6.08 Å². The molecule has 1 aromatic carbocycles. The number of rotatable bonds is 6. The van der Waals surface area contributed by atoms with Crippen molar-refractivity contribution in [3.8, 4) is 0 Å². The molecule has 0 unspecified atom stereocenters. The van der Waals surface area contributed by atoms with Crippen molar-refractivity contribution in [1.29, 1.82) is 0 Å². The van der Waals surface area contributed by atoms with E-state index in [9.17, 15) is 4.79 Å². The minimum Gasteiger partial charge on any atom is -0.361 e. The molecule has 2 aromatic rings. The third-order valence-electron chi connectivity index (χ3n) is 5.72. The molecule has 0 saturated carbocycles. The minimum absolute atomic E-state index is 0.0682. The SMILES string of the molecule is CC(=O)\C=C/C=C(/C=C/C1=C(C)CCCC1(C)C)Cc1c[nH]c2ccccc12. The summed E-state index contributed by atoms with van der Waals surface area (Å²) in [5, 5.41) is 1.26. The second-order valence-corrected chi connectivity index (χ2v) is 8.51. The Labute approximate surface area is 168 Å². The fourth-order valence-electron chi connectivity index (χ4n) is 4.18. The van der Waals surface area contributed by atoms with Crippen molar-refractivity contribution >= 4 is 16.7 Å². The zero-order valence-corrected chi connectivity index (χ0v) is 17.5. The number of nitrogens with one attached hydrogen (secondary N) is 1. The van der Waals surface area contributed by atoms with Gasteiger partial charge in [-0.05, 0) is 73.8 Å². The third kappa shape index (κ3) is 4.81. The van der Waals surface area contributed by atoms with Gasteiger partial charge in [-0.1, -0.05) is 61.9 Å². The van der Waals surface area contributed by atoms with E-state index in [2.05, 4.69) is 74.4 Å². The largest absolute Gasteiger partial charge is 0.361 e. The van der Waals surface area contributed by atoms with Crippen LogP contribution in [0, 0.1) is 5.41 Å². The Balaban J connectivity index is 1.92. The zero-order valence-electron chi connectivity index (χ0n) is 17.5. The molecule has 2 heteroatoms. The standard InChI is InChI=1S/C26H31NO/c1-19-9-8-16-26(3,4)24(19)15-14-21(11-7-10-20(2)28)17-22-18-27-25-13-6-5-12-23(22)25/h5-7,10-15,18,27H,8-9,16-17H2,1-4H3/b10-7-,15-14+,21-11-. The molecule has 1 aromatic heterocycles. The zero-order chi connectivity index (χ0) is 20.1. The van der Waals surface area contributed by atoms with E-state index in [0.717, 1.165) is 11.9 Å². The van der Waals surface area contributed by atoms with Crippen molar-refractivity contribution in [3.05, 3.63) is 83.1 Å². The van der Waals surface area contributed by atoms with E-state index in [0.29, 0.717) is 0 Å². The average Bonchev–Trinajstić information content (AvgIpc) is 3.03. The predicted octanol–water partition coefficient (Wildman–Crippen LogP) is 6.86. The van der Waals surface area contributed by atoms with Crippen molar-refractivity contribution in [3.63, 3.8) is 0 Å². The average molecular weight is 374 g/mol. The number of allylic oxidation sites excluding steroid dienone is 8. The van der Waals surface area contributed by atoms with Crippen molar-refractivity contribution in [2.75, 3.05) is 0 Å². The van der Waals surface area contributed by atoms with Gasteiger partial charge in [-0.2, -0.15) is 0 Å². The number of carbonyl (C=O) groups excluding carboxylic acids is 1. The Morgan fingerprint density at radius 3 is 2.75 bits per heavy atom. The molecule has 146 valence electrons. The fraction of sp³-hybridized carbons (Fsp3) is 0.346. The summed E-state index contributed by atoms with van der Waals surface area (Å²) in [5.74, 6) is 0.0682. The summed E-state index contributed by atoms with van der Waals surface area (Å²) in [4.78, 5) is 14.7. The maximum Gasteiger partial charge on any atom is 0.152 e. The predicted molar refractivity (Wildman–Crippen MR) is 119 cm³/mol. The van der Waals surface area contributed by atoms with Crippen molar-refractivity contribution in [2.45, 2.75) is 53.4 Å². The van der Waals surface area contributed by atoms with E-state index in [4.69, 9.17) is 0 Å². The van der Waals surface area contributed by atoms with Crippen LogP contribution in [0.25, 0.3) is 10.9 Å². The van der Waals surface area contributed by atoms with E-state index < -0.39 is 0 Å². The Bertz CT molecular complexity index is 979. The summed E-state index contributed by atoms with van der Waals surface area (Å²) in [6.45, 7) is 8.53. The van der Waals surface area contributed by atoms with Gasteiger partial charge in [0.25, 0.3) is 0 Å². The van der Waals surface area contributed by atoms with Gasteiger partial charge in [0, 0.05) is 17.1 Å². The number of aromatic amines is 1. The fourth-order valence-corrected chi connectivity index (χ4v) is 4.18. The van der Waals surface area contributed by atoms with Gasteiger partial charge in [0.15, 0.2) is 5.78 Å². The van der Waals surface area contributed by atoms with Crippen molar-refractivity contribution in [1.82, 2.24) is 4.98 Å². The van der Waals surface area contributed by atoms with Gasteiger partial charge >= 0.3 is 0 Å². The summed E-state index contributed by atoms with van der Waals surface area (Å²) in [6, 6.07) is 8.39. The number of para-hydroxylation sites is 1. The number of hydrogen-bond acceptors (Lipinski definition) is 1. The number of hydrogen-bond donors (Lipinski definition) is 1. The number of H-pyrrole nitrogens is 1. The molecule has 0 spiro atoms. The van der Waals surface area contributed by atoms with E-state index in [1.54, 1.807) is 13.0 Å². The molecule has 1 aliphatic carbocycles. The van der Waals surface area contributed by atoms with E-state index >= 15 is 0 Å². The monoisotopic (exact) mass is 373 g/mol. The van der Waals surface area contributed by atoms with E-state index in [-0.39, 0.29) is 11.2 Å². The second-order valence-electron chi connectivity index (χ2n) is 8.51. The van der Waals surface area contributed by atoms with Crippen LogP contribution in [0.5, 0.6) is 0 Å². The van der Waals surface area contributed by atoms with Gasteiger partial charge in [0.1, 0.15) is 0 Å². The lowest BCUT2D eigenvalue weighted by Crippen LogP contribution is -2.19. The molecule has 1 heterocycles. The summed E-state index contributed by atoms with van der Waals surface area (Å²) in [6.07, 6.45) is 16.7. The number of fused-ring (bicyclic) bond motifs is 1. The number of benzene rings is 1. The number of carbonyl (C=O) groups is 1. The molecule has 0 aliphatic heterocycles. The lowest BCUT2D eigenvalue weighted by molar-refractivity contribution is -0.112. The molecule has 0 atom stereocenters. The summed E-state index contributed by atoms with van der Waals surface area (Å²) >= 11 is 0. The second kappa shape index (κ2) is 8.60. The smallest absolute Gasteiger partial charge is 0.152 e. The third-order valence-corrected chi connectivity index (χ3v) is 5.72. The summed E-state index contributed by atoms with van der Waals surface area (Å²) < 4.78 is 0. The van der Waals surface area contributed by atoms with Gasteiger partial charge in [-0.15, -0.1) is 0 Å². The maximum absolute atomic E-state index is 11.3. The summed E-state index contributed by atoms with van der Waals surface area (Å²) in [7, 11) is 0. The van der Waals surface area contributed by atoms with Gasteiger partial charge in [-0.3, -0.25) is 4.79 Å². The molecule has 2 nitrogen and oxygen atoms in total. The highest BCUT2D eigenvalue weighted by Gasteiger charge is 2.26. The molecular formula is C26H31NO. The van der Waals surface area contributed by atoms with Gasteiger partial charge in [-0.25, -0.2) is 0 Å². The molecule has 0 bridgehead atoms. The summed E-state index contributed by atoms with van der Waals surface area (Å²) in [5.41, 5.74) is 6.81. The van der Waals surface area contributed by atoms with Crippen LogP contribution in [0.2, 0.25) is 0 Å². The van der Waals surface area contributed by atoms with Crippen LogP contribution in [-0.4, -0.2) is 10.8 Å². The topological polar surface area (TPSA) is 32.9 Å². The van der Waals surface area contributed by atoms with Crippen LogP contribution < -0.4 is 0 Å². The first-order valence-corrected chi connectivity index (χ1v) is 10.2. The maximum atomic E-state index is 11.3. The molecule has 0 amide bonds. The number of ketones is 1. The van der Waals surface area contributed by atoms with Crippen LogP contribution in [0.4, 0.5) is 0 Å². The van der Waals surface area contributed by atoms with Crippen LogP contribution in [0.3, 0.4) is 0 Å². The van der Waals surface area contributed by atoms with Crippen LogP contribution in [-0.2, 0) is 11.2 Å². The van der Waals surface area contributed by atoms with Crippen LogP contribution in [0.15, 0.2) is 77.6 Å². The van der Waals surface area contributed by atoms with Gasteiger partial charge in [0.05, 0.1) is 0 Å². The lowest BCUT2D eigenvalue weighted by atomic mass is 9.72. The first-order chi connectivity index (χ1) is 13.4. The molecule has 0 fully saturated rings. The Kier molecular flexibility index (Phi) is 6.18. The first-order valence-electron chi connectivity index (χ1n) is 10.2. The molecule has 0 saturated heterocycles. The first kappa shape index (κ1) is 20.1. The highest BCUT2D eigenvalue weighted by atomic mass is 16.1. The highest BCUT2D eigenvalue weighted by molar-refractivity contribution is 5.87. The van der Waals surface area contributed by atoms with Crippen molar-refractivity contribution in [2.24, 2.45) is 5.41 Å². The van der Waals surface area contributed by atoms with Crippen LogP contribution in [0.1, 0.15) is 52.5 Å². The molecule has 0 radical (unpaired) electrons. The molecular weight excluding hydrogens is 342 g/mol. The van der Waals surface area contributed by atoms with Crippen LogP contribution >= 0.6 is 0 Å². The Morgan fingerprint density at radius 1 is 1.21 bits per heavy atom. The van der Waals surface area contributed by atoms with E-state index in [1.165, 1.54) is 46.9 Å². The Hall–Kier alpha value is -2.61. The normalized spacial score (nSPS) is 17.9. The number of aromatic nitrogens is 1. The minimum atomic E-state index is 0.0682. The molecule has 1 N–H and O–H groups in total. The Morgan fingerprint density at radius 2 is 2.00 bits per heavy atom. The molecule has 3 rings (SSSR count). The van der Waals surface area contributed by atoms with Gasteiger partial charge < -0.3 is 4.98 Å². The van der Waals surface area contributed by atoms with Crippen molar-refractivity contribution < 1.29 is 4.79 Å². The highest BCUT2D eigenvalue weighted by Crippen LogP contribution is 2.40. The molecule has 1 aliphatic rings. The quantitative estimate of drug-likeness (QED) is 0.435. The van der Waals surface area contributed by atoms with Gasteiger partial charge in [0.2, 0.25) is 0 Å².